The summed E-state index contributed by atoms with van der Waals surface area (Å²) in [5.41, 5.74) is 6.72. The molecular weight excluding hydrogens is 369 g/mol. The Morgan fingerprint density at radius 2 is 1.90 bits per heavy atom. The van der Waals surface area contributed by atoms with Crippen LogP contribution in [0.3, 0.4) is 0 Å². The molecule has 1 fully saturated rings. The SMILES string of the molecule is C=C(C)CN=C(N)NCCN1CCN(C(C)=O)CC1.I. The summed E-state index contributed by atoms with van der Waals surface area (Å²) >= 11 is 0. The molecule has 0 aromatic rings. The number of nitrogens with zero attached hydrogens (tertiary/aromatic N) is 3. The number of halogens is 1. The Hall–Kier alpha value is -0.830. The summed E-state index contributed by atoms with van der Waals surface area (Å²) in [6, 6.07) is 0. The molecular formula is C13H26IN5O. The first-order valence-corrected chi connectivity index (χ1v) is 6.65. The lowest BCUT2D eigenvalue weighted by Gasteiger charge is -2.34. The van der Waals surface area contributed by atoms with Crippen LogP contribution in [0.25, 0.3) is 0 Å². The van der Waals surface area contributed by atoms with Gasteiger partial charge in [0, 0.05) is 46.2 Å². The monoisotopic (exact) mass is 395 g/mol. The van der Waals surface area contributed by atoms with Crippen molar-refractivity contribution < 1.29 is 4.79 Å². The van der Waals surface area contributed by atoms with Crippen molar-refractivity contribution in [1.29, 1.82) is 0 Å². The standard InChI is InChI=1S/C13H25N5O.HI/c1-11(2)10-16-13(14)15-4-5-17-6-8-18(9-7-17)12(3)19;/h1,4-10H2,2-3H3,(H3,14,15,16);1H. The van der Waals surface area contributed by atoms with Gasteiger partial charge in [0.2, 0.25) is 5.91 Å². The number of rotatable bonds is 5. The van der Waals surface area contributed by atoms with Crippen LogP contribution in [0.2, 0.25) is 0 Å². The summed E-state index contributed by atoms with van der Waals surface area (Å²) in [5.74, 6) is 0.624. The van der Waals surface area contributed by atoms with Gasteiger partial charge in [-0.15, -0.1) is 24.0 Å². The minimum atomic E-state index is 0. The fraction of sp³-hybridized carbons (Fsp3) is 0.692. The number of amides is 1. The van der Waals surface area contributed by atoms with Gasteiger partial charge in [-0.1, -0.05) is 12.2 Å². The first kappa shape index (κ1) is 19.2. The Balaban J connectivity index is 0.00000361. The highest BCUT2D eigenvalue weighted by Crippen LogP contribution is 2.00. The number of guanidine groups is 1. The third-order valence-electron chi connectivity index (χ3n) is 3.07. The quantitative estimate of drug-likeness (QED) is 0.303. The third kappa shape index (κ3) is 7.68. The molecule has 0 radical (unpaired) electrons. The van der Waals surface area contributed by atoms with Crippen molar-refractivity contribution in [1.82, 2.24) is 15.1 Å². The summed E-state index contributed by atoms with van der Waals surface area (Å²) in [7, 11) is 0. The van der Waals surface area contributed by atoms with E-state index in [4.69, 9.17) is 5.73 Å². The summed E-state index contributed by atoms with van der Waals surface area (Å²) in [6.45, 7) is 13.0. The maximum Gasteiger partial charge on any atom is 0.219 e. The molecule has 6 nitrogen and oxygen atoms in total. The molecule has 1 heterocycles. The van der Waals surface area contributed by atoms with Crippen LogP contribution in [0.4, 0.5) is 0 Å². The number of hydrogen-bond acceptors (Lipinski definition) is 3. The van der Waals surface area contributed by atoms with Gasteiger partial charge in [0.15, 0.2) is 5.96 Å². The lowest BCUT2D eigenvalue weighted by Crippen LogP contribution is -2.50. The van der Waals surface area contributed by atoms with Gasteiger partial charge in [0.05, 0.1) is 6.54 Å². The lowest BCUT2D eigenvalue weighted by molar-refractivity contribution is -0.130. The fourth-order valence-corrected chi connectivity index (χ4v) is 1.90. The number of nitrogens with one attached hydrogen (secondary N) is 1. The zero-order valence-corrected chi connectivity index (χ0v) is 14.7. The van der Waals surface area contributed by atoms with Gasteiger partial charge in [0.25, 0.3) is 0 Å². The van der Waals surface area contributed by atoms with Crippen LogP contribution in [-0.4, -0.2) is 67.5 Å². The van der Waals surface area contributed by atoms with Gasteiger partial charge in [-0.25, -0.2) is 4.99 Å². The smallest absolute Gasteiger partial charge is 0.219 e. The lowest BCUT2D eigenvalue weighted by atomic mass is 10.3. The van der Waals surface area contributed by atoms with E-state index in [1.807, 2.05) is 11.8 Å². The maximum atomic E-state index is 11.2. The minimum Gasteiger partial charge on any atom is -0.370 e. The summed E-state index contributed by atoms with van der Waals surface area (Å²) in [4.78, 5) is 19.5. The van der Waals surface area contributed by atoms with Gasteiger partial charge in [0.1, 0.15) is 0 Å². The summed E-state index contributed by atoms with van der Waals surface area (Å²) in [6.07, 6.45) is 0. The van der Waals surface area contributed by atoms with Crippen LogP contribution in [0.1, 0.15) is 13.8 Å². The average molecular weight is 395 g/mol. The predicted octanol–water partition coefficient (Wildman–Crippen LogP) is 0.249. The Morgan fingerprint density at radius 1 is 1.30 bits per heavy atom. The van der Waals surface area contributed by atoms with Crippen molar-refractivity contribution in [3.8, 4) is 0 Å². The van der Waals surface area contributed by atoms with Crippen molar-refractivity contribution in [2.45, 2.75) is 13.8 Å². The van der Waals surface area contributed by atoms with Gasteiger partial charge in [-0.2, -0.15) is 0 Å². The third-order valence-corrected chi connectivity index (χ3v) is 3.07. The molecule has 0 saturated carbocycles. The topological polar surface area (TPSA) is 74.0 Å². The van der Waals surface area contributed by atoms with Crippen molar-refractivity contribution in [2.75, 3.05) is 45.8 Å². The Bertz CT molecular complexity index is 351. The summed E-state index contributed by atoms with van der Waals surface area (Å²) in [5, 5.41) is 3.08. The molecule has 1 aliphatic rings. The van der Waals surface area contributed by atoms with Gasteiger partial charge < -0.3 is 16.0 Å². The molecule has 0 aliphatic carbocycles. The molecule has 3 N–H and O–H groups in total. The second-order valence-electron chi connectivity index (χ2n) is 4.93. The highest BCUT2D eigenvalue weighted by atomic mass is 127. The van der Waals surface area contributed by atoms with E-state index in [-0.39, 0.29) is 29.9 Å². The molecule has 0 atom stereocenters. The second kappa shape index (κ2) is 9.98. The van der Waals surface area contributed by atoms with Crippen LogP contribution in [0, 0.1) is 0 Å². The van der Waals surface area contributed by atoms with Crippen LogP contribution in [0.15, 0.2) is 17.1 Å². The van der Waals surface area contributed by atoms with Crippen LogP contribution in [0.5, 0.6) is 0 Å². The predicted molar refractivity (Wildman–Crippen MR) is 93.4 cm³/mol. The normalized spacial score (nSPS) is 16.5. The van der Waals surface area contributed by atoms with Crippen molar-refractivity contribution >= 4 is 35.8 Å². The average Bonchev–Trinajstić information content (AvgIpc) is 2.37. The van der Waals surface area contributed by atoms with Gasteiger partial charge in [-0.05, 0) is 6.92 Å². The number of carbonyl (C=O) groups excluding carboxylic acids is 1. The largest absolute Gasteiger partial charge is 0.370 e. The van der Waals surface area contributed by atoms with E-state index in [1.54, 1.807) is 6.92 Å². The van der Waals surface area contributed by atoms with Crippen LogP contribution in [-0.2, 0) is 4.79 Å². The first-order chi connectivity index (χ1) is 8.99. The molecule has 1 amide bonds. The van der Waals surface area contributed by atoms with Crippen molar-refractivity contribution in [2.24, 2.45) is 10.7 Å². The number of aliphatic imine (C=N–C) groups is 1. The molecule has 0 aromatic heterocycles. The first-order valence-electron chi connectivity index (χ1n) is 6.65. The number of nitrogens with two attached hydrogens (primary N) is 1. The van der Waals surface area contributed by atoms with Crippen LogP contribution < -0.4 is 11.1 Å². The van der Waals surface area contributed by atoms with E-state index in [9.17, 15) is 4.79 Å². The molecule has 0 unspecified atom stereocenters. The molecule has 116 valence electrons. The maximum absolute atomic E-state index is 11.2. The van der Waals surface area contributed by atoms with Gasteiger partial charge >= 0.3 is 0 Å². The molecule has 0 bridgehead atoms. The van der Waals surface area contributed by atoms with E-state index in [2.05, 4.69) is 21.8 Å². The van der Waals surface area contributed by atoms with Crippen molar-refractivity contribution in [3.05, 3.63) is 12.2 Å². The van der Waals surface area contributed by atoms with E-state index in [1.165, 1.54) is 0 Å². The van der Waals surface area contributed by atoms with E-state index < -0.39 is 0 Å². The molecule has 1 aliphatic heterocycles. The highest BCUT2D eigenvalue weighted by molar-refractivity contribution is 14.0. The molecule has 0 spiro atoms. The number of piperazine rings is 1. The molecule has 0 aromatic carbocycles. The van der Waals surface area contributed by atoms with E-state index in [0.717, 1.165) is 44.8 Å². The molecule has 20 heavy (non-hydrogen) atoms. The highest BCUT2D eigenvalue weighted by Gasteiger charge is 2.17. The summed E-state index contributed by atoms with van der Waals surface area (Å²) < 4.78 is 0. The van der Waals surface area contributed by atoms with E-state index >= 15 is 0 Å². The molecule has 7 heteroatoms. The zero-order chi connectivity index (χ0) is 14.3. The second-order valence-corrected chi connectivity index (χ2v) is 4.93. The Labute approximate surface area is 138 Å². The Kier molecular flexibility index (Phi) is 9.56. The molecule has 1 rings (SSSR count). The Morgan fingerprint density at radius 3 is 2.40 bits per heavy atom. The minimum absolute atomic E-state index is 0. The number of hydrogen-bond donors (Lipinski definition) is 2. The zero-order valence-electron chi connectivity index (χ0n) is 12.4. The molecule has 1 saturated heterocycles. The van der Waals surface area contributed by atoms with Crippen molar-refractivity contribution in [3.63, 3.8) is 0 Å². The van der Waals surface area contributed by atoms with Crippen LogP contribution >= 0.6 is 24.0 Å². The fourth-order valence-electron chi connectivity index (χ4n) is 1.90. The number of carbonyl (C=O) groups is 1. The van der Waals surface area contributed by atoms with Gasteiger partial charge in [-0.3, -0.25) is 9.69 Å². The van der Waals surface area contributed by atoms with E-state index in [0.29, 0.717) is 12.5 Å².